The van der Waals surface area contributed by atoms with E-state index in [1.165, 1.54) is 18.2 Å². The summed E-state index contributed by atoms with van der Waals surface area (Å²) in [7, 11) is 3.80. The maximum atomic E-state index is 13.1. The zero-order valence-electron chi connectivity index (χ0n) is 16.8. The number of ether oxygens (including phenoxy) is 1. The quantitative estimate of drug-likeness (QED) is 0.523. The first-order valence-electron chi connectivity index (χ1n) is 9.30. The molecule has 29 heavy (non-hydrogen) atoms. The Labute approximate surface area is 170 Å². The SMILES string of the molecule is CCOC(=O)/C=C/c1ccc(NC(=O)NCC(c2ccc(F)cc2)N(C)C)cc1. The van der Waals surface area contributed by atoms with E-state index in [1.807, 2.05) is 19.0 Å². The van der Waals surface area contributed by atoms with Gasteiger partial charge in [-0.05, 0) is 62.5 Å². The second kappa shape index (κ2) is 11.0. The molecule has 154 valence electrons. The molecule has 6 nitrogen and oxygen atoms in total. The number of urea groups is 1. The number of nitrogens with zero attached hydrogens (tertiary/aromatic N) is 1. The predicted octanol–water partition coefficient (Wildman–Crippen LogP) is 3.83. The van der Waals surface area contributed by atoms with Gasteiger partial charge in [0.2, 0.25) is 0 Å². The van der Waals surface area contributed by atoms with Gasteiger partial charge in [-0.25, -0.2) is 14.0 Å². The average molecular weight is 399 g/mol. The topological polar surface area (TPSA) is 70.7 Å². The van der Waals surface area contributed by atoms with E-state index >= 15 is 0 Å². The summed E-state index contributed by atoms with van der Waals surface area (Å²) in [4.78, 5) is 25.5. The molecule has 2 aromatic rings. The van der Waals surface area contributed by atoms with Gasteiger partial charge in [0.25, 0.3) is 0 Å². The highest BCUT2D eigenvalue weighted by atomic mass is 19.1. The largest absolute Gasteiger partial charge is 0.463 e. The second-order valence-electron chi connectivity index (χ2n) is 6.57. The van der Waals surface area contributed by atoms with Gasteiger partial charge in [-0.3, -0.25) is 0 Å². The molecule has 2 amide bonds. The van der Waals surface area contributed by atoms with E-state index in [0.717, 1.165) is 11.1 Å². The molecule has 0 saturated heterocycles. The highest BCUT2D eigenvalue weighted by molar-refractivity contribution is 5.90. The molecule has 0 fully saturated rings. The number of benzene rings is 2. The van der Waals surface area contributed by atoms with E-state index in [0.29, 0.717) is 18.8 Å². The first kappa shape index (κ1) is 22.1. The summed E-state index contributed by atoms with van der Waals surface area (Å²) in [6, 6.07) is 12.9. The molecule has 0 bridgehead atoms. The highest BCUT2D eigenvalue weighted by Crippen LogP contribution is 2.18. The Morgan fingerprint density at radius 3 is 2.34 bits per heavy atom. The molecule has 0 aromatic heterocycles. The van der Waals surface area contributed by atoms with Crippen molar-refractivity contribution in [1.82, 2.24) is 10.2 Å². The van der Waals surface area contributed by atoms with Gasteiger partial charge in [0, 0.05) is 18.3 Å². The molecule has 0 radical (unpaired) electrons. The van der Waals surface area contributed by atoms with E-state index < -0.39 is 5.97 Å². The predicted molar refractivity (Wildman–Crippen MR) is 112 cm³/mol. The third kappa shape index (κ3) is 7.38. The smallest absolute Gasteiger partial charge is 0.330 e. The van der Waals surface area contributed by atoms with Crippen molar-refractivity contribution >= 4 is 23.8 Å². The van der Waals surface area contributed by atoms with Gasteiger partial charge in [-0.15, -0.1) is 0 Å². The molecule has 0 aliphatic carbocycles. The van der Waals surface area contributed by atoms with E-state index in [1.54, 1.807) is 49.4 Å². The van der Waals surface area contributed by atoms with Gasteiger partial charge in [0.1, 0.15) is 5.82 Å². The van der Waals surface area contributed by atoms with Gasteiger partial charge in [-0.1, -0.05) is 24.3 Å². The zero-order chi connectivity index (χ0) is 21.2. The molecule has 0 aliphatic rings. The van der Waals surface area contributed by atoms with Crippen LogP contribution < -0.4 is 10.6 Å². The molecule has 2 N–H and O–H groups in total. The number of amides is 2. The van der Waals surface area contributed by atoms with Gasteiger partial charge in [0.05, 0.1) is 12.6 Å². The van der Waals surface area contributed by atoms with Crippen molar-refractivity contribution in [3.63, 3.8) is 0 Å². The van der Waals surface area contributed by atoms with E-state index in [4.69, 9.17) is 4.74 Å². The van der Waals surface area contributed by atoms with Crippen molar-refractivity contribution in [1.29, 1.82) is 0 Å². The summed E-state index contributed by atoms with van der Waals surface area (Å²) in [6.45, 7) is 2.44. The molecule has 2 rings (SSSR count). The molecular formula is C22H26FN3O3. The van der Waals surface area contributed by atoms with Gasteiger partial charge in [-0.2, -0.15) is 0 Å². The Hall–Kier alpha value is -3.19. The normalized spacial score (nSPS) is 12.0. The Bertz CT molecular complexity index is 833. The summed E-state index contributed by atoms with van der Waals surface area (Å²) in [5, 5.41) is 5.60. The average Bonchev–Trinajstić information content (AvgIpc) is 2.69. The molecule has 0 heterocycles. The third-order valence-corrected chi connectivity index (χ3v) is 4.20. The van der Waals surface area contributed by atoms with Crippen molar-refractivity contribution in [3.05, 3.63) is 71.6 Å². The highest BCUT2D eigenvalue weighted by Gasteiger charge is 2.15. The second-order valence-corrected chi connectivity index (χ2v) is 6.57. The molecule has 0 saturated carbocycles. The number of likely N-dealkylation sites (N-methyl/N-ethyl adjacent to an activating group) is 1. The molecular weight excluding hydrogens is 373 g/mol. The van der Waals surface area contributed by atoms with Crippen LogP contribution in [-0.2, 0) is 9.53 Å². The van der Waals surface area contributed by atoms with Crippen LogP contribution in [0.5, 0.6) is 0 Å². The van der Waals surface area contributed by atoms with Crippen molar-refractivity contribution in [3.8, 4) is 0 Å². The number of anilines is 1. The van der Waals surface area contributed by atoms with Crippen molar-refractivity contribution in [2.24, 2.45) is 0 Å². The van der Waals surface area contributed by atoms with Crippen LogP contribution in [0.1, 0.15) is 24.1 Å². The zero-order valence-corrected chi connectivity index (χ0v) is 16.8. The van der Waals surface area contributed by atoms with Gasteiger partial charge in [0.15, 0.2) is 0 Å². The number of esters is 1. The van der Waals surface area contributed by atoms with Crippen molar-refractivity contribution in [2.45, 2.75) is 13.0 Å². The first-order chi connectivity index (χ1) is 13.9. The maximum absolute atomic E-state index is 13.1. The molecule has 0 spiro atoms. The molecule has 1 atom stereocenters. The fraction of sp³-hybridized carbons (Fsp3) is 0.273. The van der Waals surface area contributed by atoms with Crippen LogP contribution in [0.15, 0.2) is 54.6 Å². The minimum Gasteiger partial charge on any atom is -0.463 e. The standard InChI is InChI=1S/C22H26FN3O3/c1-4-29-21(27)14-7-16-5-12-19(13-6-16)25-22(28)24-15-20(26(2)3)17-8-10-18(23)11-9-17/h5-14,20H,4,15H2,1-3H3,(H2,24,25,28)/b14-7+. The number of nitrogens with one attached hydrogen (secondary N) is 2. The molecule has 7 heteroatoms. The van der Waals surface area contributed by atoms with Crippen LogP contribution in [-0.4, -0.2) is 44.1 Å². The van der Waals surface area contributed by atoms with E-state index in [9.17, 15) is 14.0 Å². The fourth-order valence-corrected chi connectivity index (χ4v) is 2.68. The number of carbonyl (C=O) groups excluding carboxylic acids is 2. The van der Waals surface area contributed by atoms with Crippen LogP contribution in [0.4, 0.5) is 14.9 Å². The molecule has 2 aromatic carbocycles. The number of carbonyl (C=O) groups is 2. The molecule has 1 unspecified atom stereocenters. The Balaban J connectivity index is 1.89. The van der Waals surface area contributed by atoms with Crippen LogP contribution in [0.2, 0.25) is 0 Å². The number of rotatable bonds is 8. The monoisotopic (exact) mass is 399 g/mol. The number of hydrogen-bond donors (Lipinski definition) is 2. The number of hydrogen-bond acceptors (Lipinski definition) is 4. The van der Waals surface area contributed by atoms with E-state index in [2.05, 4.69) is 10.6 Å². The summed E-state index contributed by atoms with van der Waals surface area (Å²) in [5.74, 6) is -0.691. The Kier molecular flexibility index (Phi) is 8.36. The van der Waals surface area contributed by atoms with Gasteiger partial charge >= 0.3 is 12.0 Å². The van der Waals surface area contributed by atoms with Crippen molar-refractivity contribution in [2.75, 3.05) is 32.6 Å². The summed E-state index contributed by atoms with van der Waals surface area (Å²) in [6.07, 6.45) is 3.00. The van der Waals surface area contributed by atoms with Crippen LogP contribution in [0, 0.1) is 5.82 Å². The van der Waals surface area contributed by atoms with E-state index in [-0.39, 0.29) is 17.9 Å². The van der Waals surface area contributed by atoms with Crippen LogP contribution >= 0.6 is 0 Å². The lowest BCUT2D eigenvalue weighted by Gasteiger charge is -2.25. The van der Waals surface area contributed by atoms with Crippen molar-refractivity contribution < 1.29 is 18.7 Å². The summed E-state index contributed by atoms with van der Waals surface area (Å²) in [5.41, 5.74) is 2.35. The Morgan fingerprint density at radius 2 is 1.76 bits per heavy atom. The minimum absolute atomic E-state index is 0.0864. The Morgan fingerprint density at radius 1 is 1.10 bits per heavy atom. The third-order valence-electron chi connectivity index (χ3n) is 4.20. The molecule has 0 aliphatic heterocycles. The van der Waals surface area contributed by atoms with Gasteiger partial charge < -0.3 is 20.3 Å². The lowest BCUT2D eigenvalue weighted by molar-refractivity contribution is -0.137. The van der Waals surface area contributed by atoms with Crippen LogP contribution in [0.3, 0.4) is 0 Å². The first-order valence-corrected chi connectivity index (χ1v) is 9.30. The lowest BCUT2D eigenvalue weighted by atomic mass is 10.1. The van der Waals surface area contributed by atoms with Crippen LogP contribution in [0.25, 0.3) is 6.08 Å². The number of halogens is 1. The summed E-state index contributed by atoms with van der Waals surface area (Å²) >= 11 is 0. The lowest BCUT2D eigenvalue weighted by Crippen LogP contribution is -2.36. The summed E-state index contributed by atoms with van der Waals surface area (Å²) < 4.78 is 18.0. The maximum Gasteiger partial charge on any atom is 0.330 e. The fourth-order valence-electron chi connectivity index (χ4n) is 2.68. The minimum atomic E-state index is -0.398.